The summed E-state index contributed by atoms with van der Waals surface area (Å²) in [5.41, 5.74) is 3.65. The van der Waals surface area contributed by atoms with Crippen LogP contribution in [0.5, 0.6) is 5.75 Å². The number of methoxy groups -OCH3 is 1. The van der Waals surface area contributed by atoms with Crippen molar-refractivity contribution in [1.82, 2.24) is 24.8 Å². The Morgan fingerprint density at radius 1 is 1.10 bits per heavy atom. The Kier molecular flexibility index (Phi) is 6.32. The maximum Gasteiger partial charge on any atom is 0.256 e. The largest absolute Gasteiger partial charge is 0.497 e. The third-order valence-electron chi connectivity index (χ3n) is 5.77. The second-order valence-corrected chi connectivity index (χ2v) is 8.12. The second kappa shape index (κ2) is 9.31. The van der Waals surface area contributed by atoms with Gasteiger partial charge < -0.3 is 9.64 Å². The molecule has 7 heteroatoms. The van der Waals surface area contributed by atoms with Crippen LogP contribution in [0.1, 0.15) is 34.8 Å². The zero-order valence-electron chi connectivity index (χ0n) is 18.4. The highest BCUT2D eigenvalue weighted by molar-refractivity contribution is 5.98. The summed E-state index contributed by atoms with van der Waals surface area (Å²) in [6.45, 7) is 7.52. The number of carbonyl (C=O) groups is 1. The standard InChI is InChI=1S/C24H29N5O2/c1-18-5-10-23(29-25-11-12-26-29)22(15-18)24(30)28-14-4-13-27(16-19(28)2)17-20-6-8-21(31-3)9-7-20/h5-12,15,19H,4,13-14,16-17H2,1-3H3. The molecule has 1 saturated heterocycles. The lowest BCUT2D eigenvalue weighted by molar-refractivity contribution is 0.0691. The first kappa shape index (κ1) is 21.1. The van der Waals surface area contributed by atoms with Gasteiger partial charge in [0.2, 0.25) is 0 Å². The van der Waals surface area contributed by atoms with Gasteiger partial charge in [-0.15, -0.1) is 0 Å². The Morgan fingerprint density at radius 2 is 1.84 bits per heavy atom. The molecule has 0 radical (unpaired) electrons. The van der Waals surface area contributed by atoms with Crippen molar-refractivity contribution in [1.29, 1.82) is 0 Å². The zero-order valence-corrected chi connectivity index (χ0v) is 18.4. The van der Waals surface area contributed by atoms with Crippen LogP contribution in [0.4, 0.5) is 0 Å². The lowest BCUT2D eigenvalue weighted by Gasteiger charge is -2.30. The highest BCUT2D eigenvalue weighted by Gasteiger charge is 2.28. The highest BCUT2D eigenvalue weighted by atomic mass is 16.5. The van der Waals surface area contributed by atoms with E-state index in [0.29, 0.717) is 11.3 Å². The third kappa shape index (κ3) is 4.77. The predicted molar refractivity (Wildman–Crippen MR) is 119 cm³/mol. The first-order valence-corrected chi connectivity index (χ1v) is 10.7. The topological polar surface area (TPSA) is 63.5 Å². The van der Waals surface area contributed by atoms with Crippen molar-refractivity contribution >= 4 is 5.91 Å². The minimum Gasteiger partial charge on any atom is -0.497 e. The Morgan fingerprint density at radius 3 is 2.55 bits per heavy atom. The maximum absolute atomic E-state index is 13.6. The van der Waals surface area contributed by atoms with Crippen molar-refractivity contribution in [3.05, 3.63) is 71.5 Å². The van der Waals surface area contributed by atoms with Crippen molar-refractivity contribution in [2.24, 2.45) is 0 Å². The monoisotopic (exact) mass is 419 g/mol. The van der Waals surface area contributed by atoms with Gasteiger partial charge >= 0.3 is 0 Å². The van der Waals surface area contributed by atoms with Gasteiger partial charge in [-0.1, -0.05) is 23.8 Å². The van der Waals surface area contributed by atoms with Crippen molar-refractivity contribution in [2.75, 3.05) is 26.7 Å². The van der Waals surface area contributed by atoms with Crippen LogP contribution in [0.2, 0.25) is 0 Å². The average molecular weight is 420 g/mol. The molecule has 31 heavy (non-hydrogen) atoms. The summed E-state index contributed by atoms with van der Waals surface area (Å²) in [4.78, 5) is 19.5. The molecule has 0 bridgehead atoms. The van der Waals surface area contributed by atoms with Gasteiger partial charge in [-0.25, -0.2) is 0 Å². The first-order chi connectivity index (χ1) is 15.0. The van der Waals surface area contributed by atoms with Crippen LogP contribution in [0.15, 0.2) is 54.9 Å². The molecule has 1 aliphatic rings. The minimum absolute atomic E-state index is 0.0368. The summed E-state index contributed by atoms with van der Waals surface area (Å²) in [5.74, 6) is 0.903. The minimum atomic E-state index is 0.0368. The van der Waals surface area contributed by atoms with Gasteiger partial charge in [-0.05, 0) is 50.1 Å². The van der Waals surface area contributed by atoms with Gasteiger partial charge in [0.15, 0.2) is 0 Å². The molecule has 1 atom stereocenters. The number of aromatic nitrogens is 3. The van der Waals surface area contributed by atoms with Gasteiger partial charge in [0, 0.05) is 32.2 Å². The van der Waals surface area contributed by atoms with E-state index >= 15 is 0 Å². The number of amides is 1. The summed E-state index contributed by atoms with van der Waals surface area (Å²) >= 11 is 0. The molecule has 4 rings (SSSR count). The molecule has 1 unspecified atom stereocenters. The zero-order chi connectivity index (χ0) is 21.8. The predicted octanol–water partition coefficient (Wildman–Crippen LogP) is 3.32. The maximum atomic E-state index is 13.6. The summed E-state index contributed by atoms with van der Waals surface area (Å²) in [7, 11) is 1.68. The first-order valence-electron chi connectivity index (χ1n) is 10.7. The number of hydrogen-bond acceptors (Lipinski definition) is 5. The van der Waals surface area contributed by atoms with E-state index in [4.69, 9.17) is 4.74 Å². The van der Waals surface area contributed by atoms with Crippen LogP contribution < -0.4 is 4.74 Å². The molecular weight excluding hydrogens is 390 g/mol. The SMILES string of the molecule is COc1ccc(CN2CCCN(C(=O)c3cc(C)ccc3-n3nccn3)C(C)C2)cc1. The number of aryl methyl sites for hydroxylation is 1. The number of nitrogens with zero attached hydrogens (tertiary/aromatic N) is 5. The molecule has 0 saturated carbocycles. The molecule has 1 aromatic heterocycles. The summed E-state index contributed by atoms with van der Waals surface area (Å²) in [6.07, 6.45) is 4.19. The number of ether oxygens (including phenoxy) is 1. The molecule has 162 valence electrons. The number of rotatable bonds is 5. The Hall–Kier alpha value is -3.19. The van der Waals surface area contributed by atoms with Gasteiger partial charge in [0.05, 0.1) is 30.8 Å². The van der Waals surface area contributed by atoms with E-state index in [1.165, 1.54) is 10.4 Å². The molecule has 1 amide bonds. The van der Waals surface area contributed by atoms with Crippen LogP contribution in [-0.2, 0) is 6.54 Å². The molecule has 7 nitrogen and oxygen atoms in total. The molecule has 1 aliphatic heterocycles. The molecule has 2 aromatic carbocycles. The lowest BCUT2D eigenvalue weighted by Crippen LogP contribution is -2.42. The molecular formula is C24H29N5O2. The van der Waals surface area contributed by atoms with Crippen molar-refractivity contribution in [3.63, 3.8) is 0 Å². The summed E-state index contributed by atoms with van der Waals surface area (Å²) in [5, 5.41) is 8.46. The van der Waals surface area contributed by atoms with Crippen LogP contribution in [0.25, 0.3) is 5.69 Å². The second-order valence-electron chi connectivity index (χ2n) is 8.12. The molecule has 0 N–H and O–H groups in total. The Bertz CT molecular complexity index is 1020. The number of benzene rings is 2. The van der Waals surface area contributed by atoms with Gasteiger partial charge in [-0.3, -0.25) is 9.69 Å². The van der Waals surface area contributed by atoms with Gasteiger partial charge in [0.25, 0.3) is 5.91 Å². The van der Waals surface area contributed by atoms with E-state index < -0.39 is 0 Å². The fourth-order valence-electron chi connectivity index (χ4n) is 4.17. The van der Waals surface area contributed by atoms with Crippen LogP contribution >= 0.6 is 0 Å². The number of carbonyl (C=O) groups excluding carboxylic acids is 1. The van der Waals surface area contributed by atoms with E-state index in [9.17, 15) is 4.79 Å². The average Bonchev–Trinajstić information content (AvgIpc) is 3.24. The van der Waals surface area contributed by atoms with Gasteiger partial charge in [0.1, 0.15) is 5.75 Å². The summed E-state index contributed by atoms with van der Waals surface area (Å²) < 4.78 is 5.26. The Labute approximate surface area is 183 Å². The van der Waals surface area contributed by atoms with E-state index in [0.717, 1.165) is 43.9 Å². The van der Waals surface area contributed by atoms with Crippen molar-refractivity contribution in [2.45, 2.75) is 32.9 Å². The molecule has 0 aliphatic carbocycles. The van der Waals surface area contributed by atoms with Crippen LogP contribution in [-0.4, -0.2) is 63.5 Å². The van der Waals surface area contributed by atoms with E-state index in [-0.39, 0.29) is 11.9 Å². The Balaban J connectivity index is 1.51. The molecule has 1 fully saturated rings. The molecule has 0 spiro atoms. The molecule has 2 heterocycles. The highest BCUT2D eigenvalue weighted by Crippen LogP contribution is 2.21. The van der Waals surface area contributed by atoms with Crippen LogP contribution in [0.3, 0.4) is 0 Å². The van der Waals surface area contributed by atoms with E-state index in [1.54, 1.807) is 19.5 Å². The van der Waals surface area contributed by atoms with Gasteiger partial charge in [-0.2, -0.15) is 15.0 Å². The third-order valence-corrected chi connectivity index (χ3v) is 5.77. The summed E-state index contributed by atoms with van der Waals surface area (Å²) in [6, 6.07) is 14.1. The normalized spacial score (nSPS) is 17.4. The fourth-order valence-corrected chi connectivity index (χ4v) is 4.17. The molecule has 3 aromatic rings. The fraction of sp³-hybridized carbons (Fsp3) is 0.375. The number of hydrogen-bond donors (Lipinski definition) is 0. The van der Waals surface area contributed by atoms with E-state index in [1.807, 2.05) is 42.2 Å². The van der Waals surface area contributed by atoms with E-state index in [2.05, 4.69) is 34.2 Å². The smallest absolute Gasteiger partial charge is 0.256 e. The van der Waals surface area contributed by atoms with Crippen molar-refractivity contribution in [3.8, 4) is 11.4 Å². The lowest BCUT2D eigenvalue weighted by atomic mass is 10.1. The quantitative estimate of drug-likeness (QED) is 0.635. The van der Waals surface area contributed by atoms with Crippen LogP contribution in [0, 0.1) is 6.92 Å². The van der Waals surface area contributed by atoms with Crippen molar-refractivity contribution < 1.29 is 9.53 Å².